The van der Waals surface area contributed by atoms with E-state index in [1.165, 1.54) is 12.1 Å². The van der Waals surface area contributed by atoms with E-state index < -0.39 is 15.3 Å². The molecule has 0 unspecified atom stereocenters. The van der Waals surface area contributed by atoms with Crippen LogP contribution in [-0.4, -0.2) is 20.9 Å². The van der Waals surface area contributed by atoms with E-state index in [0.717, 1.165) is 11.5 Å². The first kappa shape index (κ1) is 18.5. The summed E-state index contributed by atoms with van der Waals surface area (Å²) in [5.41, 5.74) is -0.140. The average molecular weight is 330 g/mol. The zero-order valence-electron chi connectivity index (χ0n) is 13.0. The summed E-state index contributed by atoms with van der Waals surface area (Å²) in [5.74, 6) is 2.26. The van der Waals surface area contributed by atoms with Crippen molar-refractivity contribution in [2.75, 3.05) is 6.54 Å². The standard InChI is InChI=1S/C17H18N2O3S/c1-4-5-12-19-16(20)17(2,3)14-7-9-15(10-8-14)23(21,22)13-6-11-18/h1,6-10,13H,5,12H2,2-3H3,(H,19,20). The van der Waals surface area contributed by atoms with Crippen molar-refractivity contribution < 1.29 is 13.2 Å². The van der Waals surface area contributed by atoms with Crippen LogP contribution in [0.5, 0.6) is 0 Å². The van der Waals surface area contributed by atoms with Crippen LogP contribution in [0.3, 0.4) is 0 Å². The monoisotopic (exact) mass is 330 g/mol. The van der Waals surface area contributed by atoms with Gasteiger partial charge in [-0.25, -0.2) is 8.42 Å². The summed E-state index contributed by atoms with van der Waals surface area (Å²) in [5, 5.41) is 12.0. The molecule has 0 fully saturated rings. The third-order valence-corrected chi connectivity index (χ3v) is 4.77. The largest absolute Gasteiger partial charge is 0.354 e. The first-order valence-corrected chi connectivity index (χ1v) is 8.44. The maximum Gasteiger partial charge on any atom is 0.230 e. The van der Waals surface area contributed by atoms with Crippen LogP contribution in [0.1, 0.15) is 25.8 Å². The lowest BCUT2D eigenvalue weighted by Gasteiger charge is -2.24. The number of nitrogens with one attached hydrogen (secondary N) is 1. The number of nitriles is 1. The molecule has 0 bridgehead atoms. The molecule has 0 radical (unpaired) electrons. The van der Waals surface area contributed by atoms with Crippen LogP contribution >= 0.6 is 0 Å². The minimum Gasteiger partial charge on any atom is -0.354 e. The lowest BCUT2D eigenvalue weighted by Crippen LogP contribution is -2.40. The number of terminal acetylenes is 1. The molecule has 0 saturated carbocycles. The first-order chi connectivity index (χ1) is 10.8. The molecule has 1 N–H and O–H groups in total. The minimum absolute atomic E-state index is 0.0660. The predicted molar refractivity (Wildman–Crippen MR) is 87.9 cm³/mol. The van der Waals surface area contributed by atoms with E-state index in [9.17, 15) is 13.2 Å². The number of rotatable bonds is 6. The smallest absolute Gasteiger partial charge is 0.230 e. The van der Waals surface area contributed by atoms with Gasteiger partial charge in [-0.05, 0) is 31.5 Å². The number of nitrogens with zero attached hydrogens (tertiary/aromatic N) is 1. The fourth-order valence-corrected chi connectivity index (χ4v) is 2.77. The summed E-state index contributed by atoms with van der Waals surface area (Å²) < 4.78 is 23.8. The van der Waals surface area contributed by atoms with Crippen LogP contribution in [0.4, 0.5) is 0 Å². The SMILES string of the molecule is C#CCCNC(=O)C(C)(C)c1ccc(S(=O)(=O)C=CC#N)cc1. The Labute approximate surface area is 136 Å². The highest BCUT2D eigenvalue weighted by atomic mass is 32.2. The van der Waals surface area contributed by atoms with E-state index in [-0.39, 0.29) is 10.8 Å². The highest BCUT2D eigenvalue weighted by Gasteiger charge is 2.29. The van der Waals surface area contributed by atoms with Gasteiger partial charge in [0.2, 0.25) is 15.7 Å². The van der Waals surface area contributed by atoms with Gasteiger partial charge < -0.3 is 5.32 Å². The molecule has 5 nitrogen and oxygen atoms in total. The molecule has 1 amide bonds. The van der Waals surface area contributed by atoms with Crippen LogP contribution in [0.25, 0.3) is 0 Å². The lowest BCUT2D eigenvalue weighted by atomic mass is 9.84. The lowest BCUT2D eigenvalue weighted by molar-refractivity contribution is -0.125. The van der Waals surface area contributed by atoms with Gasteiger partial charge in [-0.2, -0.15) is 5.26 Å². The van der Waals surface area contributed by atoms with E-state index in [1.54, 1.807) is 32.0 Å². The van der Waals surface area contributed by atoms with Crippen LogP contribution in [0.2, 0.25) is 0 Å². The summed E-state index contributed by atoms with van der Waals surface area (Å²) in [6.45, 7) is 3.89. The number of sulfone groups is 1. The Hall–Kier alpha value is -2.57. The van der Waals surface area contributed by atoms with Gasteiger partial charge in [0.25, 0.3) is 0 Å². The molecular formula is C17H18N2O3S. The van der Waals surface area contributed by atoms with E-state index in [1.807, 2.05) is 0 Å². The number of allylic oxidation sites excluding steroid dienone is 1. The van der Waals surface area contributed by atoms with Gasteiger partial charge in [-0.1, -0.05) is 12.1 Å². The number of hydrogen-bond acceptors (Lipinski definition) is 4. The van der Waals surface area contributed by atoms with Gasteiger partial charge in [-0.3, -0.25) is 4.79 Å². The third-order valence-electron chi connectivity index (χ3n) is 3.35. The molecule has 0 aliphatic rings. The van der Waals surface area contributed by atoms with Crippen molar-refractivity contribution >= 4 is 15.7 Å². The van der Waals surface area contributed by atoms with Crippen molar-refractivity contribution in [2.24, 2.45) is 0 Å². The van der Waals surface area contributed by atoms with Crippen molar-refractivity contribution in [2.45, 2.75) is 30.6 Å². The molecule has 1 aromatic carbocycles. The number of carbonyl (C=O) groups is 1. The van der Waals surface area contributed by atoms with Crippen molar-refractivity contribution in [3.8, 4) is 18.4 Å². The molecular weight excluding hydrogens is 312 g/mol. The van der Waals surface area contributed by atoms with E-state index >= 15 is 0 Å². The highest BCUT2D eigenvalue weighted by Crippen LogP contribution is 2.25. The van der Waals surface area contributed by atoms with Gasteiger partial charge in [0.15, 0.2) is 0 Å². The molecule has 0 aliphatic carbocycles. The van der Waals surface area contributed by atoms with Gasteiger partial charge in [0.1, 0.15) is 0 Å². The van der Waals surface area contributed by atoms with Crippen LogP contribution in [-0.2, 0) is 20.0 Å². The van der Waals surface area contributed by atoms with Crippen molar-refractivity contribution in [1.82, 2.24) is 5.32 Å². The zero-order chi connectivity index (χ0) is 17.5. The topological polar surface area (TPSA) is 87.0 Å². The Morgan fingerprint density at radius 2 is 1.96 bits per heavy atom. The second-order valence-electron chi connectivity index (χ2n) is 5.34. The number of hydrogen-bond donors (Lipinski definition) is 1. The molecule has 0 atom stereocenters. The molecule has 1 rings (SSSR count). The number of carbonyl (C=O) groups excluding carboxylic acids is 1. The molecule has 0 aliphatic heterocycles. The van der Waals surface area contributed by atoms with Crippen molar-refractivity contribution in [3.63, 3.8) is 0 Å². The number of amides is 1. The molecule has 0 heterocycles. The fourth-order valence-electron chi connectivity index (χ4n) is 1.86. The maximum absolute atomic E-state index is 12.2. The summed E-state index contributed by atoms with van der Waals surface area (Å²) in [6.07, 6.45) is 6.50. The van der Waals surface area contributed by atoms with E-state index in [2.05, 4.69) is 11.2 Å². The molecule has 6 heteroatoms. The Bertz CT molecular complexity index is 777. The van der Waals surface area contributed by atoms with Gasteiger partial charge >= 0.3 is 0 Å². The van der Waals surface area contributed by atoms with Gasteiger partial charge in [0.05, 0.1) is 16.4 Å². The molecule has 120 valence electrons. The third kappa shape index (κ3) is 4.70. The summed E-state index contributed by atoms with van der Waals surface area (Å²) in [7, 11) is -3.65. The zero-order valence-corrected chi connectivity index (χ0v) is 13.9. The average Bonchev–Trinajstić information content (AvgIpc) is 2.53. The van der Waals surface area contributed by atoms with Gasteiger partial charge in [0, 0.05) is 24.4 Å². The van der Waals surface area contributed by atoms with Crippen LogP contribution in [0, 0.1) is 23.7 Å². The van der Waals surface area contributed by atoms with E-state index in [0.29, 0.717) is 18.5 Å². The molecule has 0 aromatic heterocycles. The molecule has 23 heavy (non-hydrogen) atoms. The normalized spacial score (nSPS) is 11.7. The Morgan fingerprint density at radius 3 is 2.48 bits per heavy atom. The first-order valence-electron chi connectivity index (χ1n) is 6.89. The van der Waals surface area contributed by atoms with Gasteiger partial charge in [-0.15, -0.1) is 12.3 Å². The summed E-state index contributed by atoms with van der Waals surface area (Å²) in [6, 6.07) is 7.66. The second kappa shape index (κ2) is 7.62. The Morgan fingerprint density at radius 1 is 1.35 bits per heavy atom. The maximum atomic E-state index is 12.2. The van der Waals surface area contributed by atoms with Crippen molar-refractivity contribution in [3.05, 3.63) is 41.3 Å². The number of benzene rings is 1. The van der Waals surface area contributed by atoms with E-state index in [4.69, 9.17) is 11.7 Å². The Kier molecular flexibility index (Phi) is 6.12. The van der Waals surface area contributed by atoms with Crippen molar-refractivity contribution in [1.29, 1.82) is 5.26 Å². The molecule has 1 aromatic rings. The van der Waals surface area contributed by atoms with Crippen LogP contribution < -0.4 is 5.32 Å². The molecule has 0 saturated heterocycles. The quantitative estimate of drug-likeness (QED) is 0.490. The summed E-state index contributed by atoms with van der Waals surface area (Å²) >= 11 is 0. The minimum atomic E-state index is -3.65. The Balaban J connectivity index is 3.00. The molecule has 0 spiro atoms. The summed E-state index contributed by atoms with van der Waals surface area (Å²) in [4.78, 5) is 12.3. The fraction of sp³-hybridized carbons (Fsp3) is 0.294. The second-order valence-corrected chi connectivity index (χ2v) is 7.17. The highest BCUT2D eigenvalue weighted by molar-refractivity contribution is 7.94. The van der Waals surface area contributed by atoms with Crippen LogP contribution in [0.15, 0.2) is 40.6 Å². The predicted octanol–water partition coefficient (Wildman–Crippen LogP) is 1.91.